The normalized spacial score (nSPS) is 34.7. The summed E-state index contributed by atoms with van der Waals surface area (Å²) in [6, 6.07) is 0.493. The van der Waals surface area contributed by atoms with Gasteiger partial charge in [-0.05, 0) is 33.2 Å². The van der Waals surface area contributed by atoms with Crippen molar-refractivity contribution in [1.82, 2.24) is 10.2 Å². The van der Waals surface area contributed by atoms with E-state index in [-0.39, 0.29) is 23.1 Å². The van der Waals surface area contributed by atoms with E-state index in [4.69, 9.17) is 0 Å². The molecule has 0 aromatic rings. The van der Waals surface area contributed by atoms with Crippen LogP contribution in [0.4, 0.5) is 0 Å². The van der Waals surface area contributed by atoms with Crippen molar-refractivity contribution in [2.75, 3.05) is 13.1 Å². The molecule has 2 saturated heterocycles. The van der Waals surface area contributed by atoms with Crippen LogP contribution in [0.25, 0.3) is 0 Å². The van der Waals surface area contributed by atoms with E-state index in [1.165, 1.54) is 0 Å². The van der Waals surface area contributed by atoms with Crippen molar-refractivity contribution in [1.29, 1.82) is 0 Å². The van der Waals surface area contributed by atoms with Crippen molar-refractivity contribution < 1.29 is 9.59 Å². The van der Waals surface area contributed by atoms with Crippen molar-refractivity contribution in [3.63, 3.8) is 0 Å². The molecule has 0 radical (unpaired) electrons. The largest absolute Gasteiger partial charge is 0.300 e. The van der Waals surface area contributed by atoms with Crippen LogP contribution < -0.4 is 5.32 Å². The van der Waals surface area contributed by atoms with E-state index in [1.807, 2.05) is 6.92 Å². The lowest BCUT2D eigenvalue weighted by Crippen LogP contribution is -2.53. The molecule has 2 amide bonds. The van der Waals surface area contributed by atoms with Crippen LogP contribution in [0.2, 0.25) is 0 Å². The molecule has 0 aromatic carbocycles. The third-order valence-electron chi connectivity index (χ3n) is 4.38. The minimum Gasteiger partial charge on any atom is -0.300 e. The van der Waals surface area contributed by atoms with Crippen LogP contribution in [0.5, 0.6) is 0 Å². The quantitative estimate of drug-likeness (QED) is 0.734. The van der Waals surface area contributed by atoms with E-state index in [1.54, 1.807) is 0 Å². The topological polar surface area (TPSA) is 49.4 Å². The first-order valence-electron chi connectivity index (χ1n) is 6.56. The van der Waals surface area contributed by atoms with Crippen LogP contribution in [0.1, 0.15) is 40.0 Å². The van der Waals surface area contributed by atoms with Crippen LogP contribution in [-0.2, 0) is 9.59 Å². The maximum atomic E-state index is 11.9. The van der Waals surface area contributed by atoms with Crippen molar-refractivity contribution in [2.24, 2.45) is 11.3 Å². The molecule has 2 rings (SSSR count). The highest BCUT2D eigenvalue weighted by Crippen LogP contribution is 2.45. The van der Waals surface area contributed by atoms with Gasteiger partial charge in [-0.2, -0.15) is 0 Å². The summed E-state index contributed by atoms with van der Waals surface area (Å²) in [6.07, 6.45) is 2.31. The highest BCUT2D eigenvalue weighted by atomic mass is 16.2. The SMILES string of the molecule is CCC1C(=O)NC(=O)CC12CCN(C(C)C)C2. The molecule has 2 unspecified atom stereocenters. The number of rotatable bonds is 2. The van der Waals surface area contributed by atoms with Crippen LogP contribution in [0.3, 0.4) is 0 Å². The van der Waals surface area contributed by atoms with Crippen LogP contribution >= 0.6 is 0 Å². The number of carbonyl (C=O) groups is 2. The summed E-state index contributed by atoms with van der Waals surface area (Å²) < 4.78 is 0. The van der Waals surface area contributed by atoms with Gasteiger partial charge in [0, 0.05) is 30.3 Å². The minimum atomic E-state index is -0.0988. The number of likely N-dealkylation sites (tertiary alicyclic amines) is 1. The Bertz CT molecular complexity index is 340. The van der Waals surface area contributed by atoms with Crippen molar-refractivity contribution >= 4 is 11.8 Å². The Morgan fingerprint density at radius 2 is 2.18 bits per heavy atom. The number of hydrogen-bond acceptors (Lipinski definition) is 3. The maximum absolute atomic E-state index is 11.9. The molecule has 0 saturated carbocycles. The van der Waals surface area contributed by atoms with Gasteiger partial charge in [0.2, 0.25) is 11.8 Å². The molecule has 4 heteroatoms. The van der Waals surface area contributed by atoms with E-state index in [0.717, 1.165) is 25.9 Å². The average molecular weight is 238 g/mol. The Labute approximate surface area is 103 Å². The summed E-state index contributed by atoms with van der Waals surface area (Å²) in [6.45, 7) is 8.28. The fourth-order valence-electron chi connectivity index (χ4n) is 3.41. The van der Waals surface area contributed by atoms with Gasteiger partial charge in [-0.3, -0.25) is 14.9 Å². The summed E-state index contributed by atoms with van der Waals surface area (Å²) in [5, 5.41) is 2.48. The van der Waals surface area contributed by atoms with Crippen LogP contribution in [0, 0.1) is 11.3 Å². The first-order chi connectivity index (χ1) is 7.98. The summed E-state index contributed by atoms with van der Waals surface area (Å²) in [5.41, 5.74) is -0.0988. The zero-order valence-corrected chi connectivity index (χ0v) is 11.0. The van der Waals surface area contributed by atoms with Crippen molar-refractivity contribution in [2.45, 2.75) is 46.1 Å². The Balaban J connectivity index is 2.22. The Morgan fingerprint density at radius 3 is 2.71 bits per heavy atom. The molecule has 2 heterocycles. The molecule has 2 fully saturated rings. The zero-order valence-electron chi connectivity index (χ0n) is 11.0. The van der Waals surface area contributed by atoms with Crippen molar-refractivity contribution in [3.05, 3.63) is 0 Å². The Morgan fingerprint density at radius 1 is 1.47 bits per heavy atom. The fraction of sp³-hybridized carbons (Fsp3) is 0.846. The second kappa shape index (κ2) is 4.41. The number of imide groups is 1. The molecule has 1 spiro atoms. The molecule has 4 nitrogen and oxygen atoms in total. The predicted molar refractivity (Wildman–Crippen MR) is 65.3 cm³/mol. The summed E-state index contributed by atoms with van der Waals surface area (Å²) in [7, 11) is 0. The molecule has 0 bridgehead atoms. The molecule has 2 aliphatic rings. The average Bonchev–Trinajstić information content (AvgIpc) is 2.62. The molecule has 17 heavy (non-hydrogen) atoms. The molecular formula is C13H22N2O2. The Hall–Kier alpha value is -0.900. The van der Waals surface area contributed by atoms with Gasteiger partial charge < -0.3 is 4.90 Å². The zero-order chi connectivity index (χ0) is 12.6. The maximum Gasteiger partial charge on any atom is 0.230 e. The summed E-state index contributed by atoms with van der Waals surface area (Å²) in [4.78, 5) is 25.9. The van der Waals surface area contributed by atoms with Gasteiger partial charge in [-0.15, -0.1) is 0 Å². The third-order valence-corrected chi connectivity index (χ3v) is 4.38. The minimum absolute atomic E-state index is 0.00366. The number of piperidine rings is 1. The molecule has 2 aliphatic heterocycles. The Kier molecular flexibility index (Phi) is 3.25. The molecule has 0 aliphatic carbocycles. The number of amides is 2. The van der Waals surface area contributed by atoms with Gasteiger partial charge in [0.25, 0.3) is 0 Å². The molecule has 96 valence electrons. The second-order valence-electron chi connectivity index (χ2n) is 5.73. The standard InChI is InChI=1S/C13H22N2O2/c1-4-10-12(17)14-11(16)7-13(10)5-6-15(8-13)9(2)3/h9-10H,4-8H2,1-3H3,(H,14,16,17). The highest BCUT2D eigenvalue weighted by Gasteiger charge is 2.51. The lowest BCUT2D eigenvalue weighted by atomic mass is 9.68. The fourth-order valence-corrected chi connectivity index (χ4v) is 3.41. The lowest BCUT2D eigenvalue weighted by molar-refractivity contribution is -0.143. The van der Waals surface area contributed by atoms with Crippen LogP contribution in [-0.4, -0.2) is 35.8 Å². The van der Waals surface area contributed by atoms with Gasteiger partial charge >= 0.3 is 0 Å². The summed E-state index contributed by atoms with van der Waals surface area (Å²) in [5.74, 6) is -0.149. The van der Waals surface area contributed by atoms with Gasteiger partial charge in [0.15, 0.2) is 0 Å². The molecule has 0 aromatic heterocycles. The molecule has 2 atom stereocenters. The van der Waals surface area contributed by atoms with E-state index >= 15 is 0 Å². The smallest absolute Gasteiger partial charge is 0.230 e. The van der Waals surface area contributed by atoms with Gasteiger partial charge in [-0.25, -0.2) is 0 Å². The summed E-state index contributed by atoms with van der Waals surface area (Å²) >= 11 is 0. The highest BCUT2D eigenvalue weighted by molar-refractivity contribution is 5.99. The predicted octanol–water partition coefficient (Wildman–Crippen LogP) is 1.16. The lowest BCUT2D eigenvalue weighted by Gasteiger charge is -2.39. The van der Waals surface area contributed by atoms with Gasteiger partial charge in [0.1, 0.15) is 0 Å². The second-order valence-corrected chi connectivity index (χ2v) is 5.73. The van der Waals surface area contributed by atoms with Crippen LogP contribution in [0.15, 0.2) is 0 Å². The van der Waals surface area contributed by atoms with E-state index in [9.17, 15) is 9.59 Å². The number of hydrogen-bond donors (Lipinski definition) is 1. The van der Waals surface area contributed by atoms with E-state index in [0.29, 0.717) is 12.5 Å². The number of carbonyl (C=O) groups excluding carboxylic acids is 2. The third kappa shape index (κ3) is 2.10. The van der Waals surface area contributed by atoms with Crippen molar-refractivity contribution in [3.8, 4) is 0 Å². The first-order valence-corrected chi connectivity index (χ1v) is 6.56. The monoisotopic (exact) mass is 238 g/mol. The van der Waals surface area contributed by atoms with E-state index in [2.05, 4.69) is 24.1 Å². The van der Waals surface area contributed by atoms with Gasteiger partial charge in [0.05, 0.1) is 0 Å². The van der Waals surface area contributed by atoms with E-state index < -0.39 is 0 Å². The van der Waals surface area contributed by atoms with Gasteiger partial charge in [-0.1, -0.05) is 6.92 Å². The first kappa shape index (κ1) is 12.6. The number of nitrogens with zero attached hydrogens (tertiary/aromatic N) is 1. The molecule has 1 N–H and O–H groups in total. The number of nitrogens with one attached hydrogen (secondary N) is 1. The molecular weight excluding hydrogens is 216 g/mol.